The summed E-state index contributed by atoms with van der Waals surface area (Å²) in [6, 6.07) is 5.71. The van der Waals surface area contributed by atoms with Crippen LogP contribution in [0.25, 0.3) is 0 Å². The van der Waals surface area contributed by atoms with Crippen LogP contribution in [0.2, 0.25) is 0 Å². The normalized spacial score (nSPS) is 14.7. The van der Waals surface area contributed by atoms with Gasteiger partial charge in [-0.3, -0.25) is 9.59 Å². The summed E-state index contributed by atoms with van der Waals surface area (Å²) in [7, 11) is 0. The number of fused-ring (bicyclic) bond motifs is 1. The standard InChI is InChI=1S/C16H22N2O3/c1-11(4-2-6-15(19)20)18-16(21)13-7-8-14-12(10-13)5-3-9-17-14/h7-8,10-11,17H,2-6,9H2,1H3,(H,18,21)(H,19,20). The van der Waals surface area contributed by atoms with Crippen molar-refractivity contribution in [3.63, 3.8) is 0 Å². The average Bonchev–Trinajstić information content (AvgIpc) is 2.46. The highest BCUT2D eigenvalue weighted by Crippen LogP contribution is 2.22. The van der Waals surface area contributed by atoms with Crippen LogP contribution in [0, 0.1) is 0 Å². The number of benzene rings is 1. The molecule has 1 heterocycles. The van der Waals surface area contributed by atoms with E-state index in [-0.39, 0.29) is 18.4 Å². The molecule has 5 heteroatoms. The minimum absolute atomic E-state index is 0.0222. The Kier molecular flexibility index (Phi) is 5.20. The summed E-state index contributed by atoms with van der Waals surface area (Å²) in [6.45, 7) is 2.89. The third kappa shape index (κ3) is 4.48. The molecule has 0 saturated carbocycles. The van der Waals surface area contributed by atoms with Crippen LogP contribution in [0.15, 0.2) is 18.2 Å². The Morgan fingerprint density at radius 3 is 3.00 bits per heavy atom. The van der Waals surface area contributed by atoms with Gasteiger partial charge in [0.1, 0.15) is 0 Å². The number of amides is 1. The Balaban J connectivity index is 1.89. The summed E-state index contributed by atoms with van der Waals surface area (Å²) < 4.78 is 0. The van der Waals surface area contributed by atoms with Crippen LogP contribution < -0.4 is 10.6 Å². The van der Waals surface area contributed by atoms with Crippen molar-refractivity contribution in [2.45, 2.75) is 45.1 Å². The molecule has 1 unspecified atom stereocenters. The van der Waals surface area contributed by atoms with Crippen molar-refractivity contribution < 1.29 is 14.7 Å². The molecule has 0 bridgehead atoms. The molecular formula is C16H22N2O3. The van der Waals surface area contributed by atoms with Crippen LogP contribution in [0.4, 0.5) is 5.69 Å². The largest absolute Gasteiger partial charge is 0.481 e. The van der Waals surface area contributed by atoms with Gasteiger partial charge in [-0.2, -0.15) is 0 Å². The summed E-state index contributed by atoms with van der Waals surface area (Å²) in [5, 5.41) is 14.9. The summed E-state index contributed by atoms with van der Waals surface area (Å²) in [5.74, 6) is -0.887. The number of rotatable bonds is 6. The minimum Gasteiger partial charge on any atom is -0.481 e. The van der Waals surface area contributed by atoms with E-state index in [1.54, 1.807) is 0 Å². The first-order chi connectivity index (χ1) is 10.1. The molecule has 5 nitrogen and oxygen atoms in total. The maximum atomic E-state index is 12.2. The Labute approximate surface area is 124 Å². The van der Waals surface area contributed by atoms with E-state index in [1.165, 1.54) is 5.56 Å². The zero-order valence-electron chi connectivity index (χ0n) is 12.3. The van der Waals surface area contributed by atoms with Gasteiger partial charge in [0, 0.05) is 30.3 Å². The molecule has 3 N–H and O–H groups in total. The fourth-order valence-electron chi connectivity index (χ4n) is 2.55. The first-order valence-electron chi connectivity index (χ1n) is 7.45. The molecule has 1 amide bonds. The zero-order valence-corrected chi connectivity index (χ0v) is 12.3. The molecular weight excluding hydrogens is 268 g/mol. The fraction of sp³-hybridized carbons (Fsp3) is 0.500. The number of carboxylic acids is 1. The van der Waals surface area contributed by atoms with Crippen molar-refractivity contribution in [1.29, 1.82) is 0 Å². The number of carbonyl (C=O) groups excluding carboxylic acids is 1. The molecule has 1 aromatic rings. The van der Waals surface area contributed by atoms with E-state index in [4.69, 9.17) is 5.11 Å². The molecule has 0 aromatic heterocycles. The van der Waals surface area contributed by atoms with Crippen molar-refractivity contribution in [2.75, 3.05) is 11.9 Å². The maximum absolute atomic E-state index is 12.2. The third-order valence-corrected chi connectivity index (χ3v) is 3.71. The second-order valence-corrected chi connectivity index (χ2v) is 5.56. The average molecular weight is 290 g/mol. The van der Waals surface area contributed by atoms with Gasteiger partial charge < -0.3 is 15.7 Å². The smallest absolute Gasteiger partial charge is 0.303 e. The van der Waals surface area contributed by atoms with Gasteiger partial charge >= 0.3 is 5.97 Å². The van der Waals surface area contributed by atoms with Gasteiger partial charge in [-0.15, -0.1) is 0 Å². The predicted octanol–water partition coefficient (Wildman–Crippen LogP) is 2.42. The van der Waals surface area contributed by atoms with E-state index in [1.807, 2.05) is 25.1 Å². The van der Waals surface area contributed by atoms with Gasteiger partial charge in [0.2, 0.25) is 0 Å². The second kappa shape index (κ2) is 7.11. The minimum atomic E-state index is -0.796. The van der Waals surface area contributed by atoms with E-state index in [9.17, 15) is 9.59 Å². The van der Waals surface area contributed by atoms with Crippen molar-refractivity contribution >= 4 is 17.6 Å². The Bertz CT molecular complexity index is 528. The molecule has 1 atom stereocenters. The molecule has 21 heavy (non-hydrogen) atoms. The van der Waals surface area contributed by atoms with Crippen LogP contribution >= 0.6 is 0 Å². The van der Waals surface area contributed by atoms with E-state index in [2.05, 4.69) is 10.6 Å². The summed E-state index contributed by atoms with van der Waals surface area (Å²) in [5.41, 5.74) is 2.97. The molecule has 0 aliphatic carbocycles. The summed E-state index contributed by atoms with van der Waals surface area (Å²) in [4.78, 5) is 22.7. The van der Waals surface area contributed by atoms with E-state index < -0.39 is 5.97 Å². The highest BCUT2D eigenvalue weighted by Gasteiger charge is 2.14. The molecule has 0 spiro atoms. The van der Waals surface area contributed by atoms with Crippen molar-refractivity contribution in [2.24, 2.45) is 0 Å². The lowest BCUT2D eigenvalue weighted by Gasteiger charge is -2.19. The first-order valence-corrected chi connectivity index (χ1v) is 7.45. The molecule has 2 rings (SSSR count). The van der Waals surface area contributed by atoms with Crippen LogP contribution in [-0.4, -0.2) is 29.6 Å². The molecule has 1 aromatic carbocycles. The van der Waals surface area contributed by atoms with Crippen LogP contribution in [0.1, 0.15) is 48.5 Å². The number of anilines is 1. The number of nitrogens with one attached hydrogen (secondary N) is 2. The van der Waals surface area contributed by atoms with Gasteiger partial charge in [0.25, 0.3) is 5.91 Å². The lowest BCUT2D eigenvalue weighted by atomic mass is 10.0. The van der Waals surface area contributed by atoms with Crippen molar-refractivity contribution in [1.82, 2.24) is 5.32 Å². The highest BCUT2D eigenvalue weighted by atomic mass is 16.4. The number of aliphatic carboxylic acids is 1. The van der Waals surface area contributed by atoms with E-state index >= 15 is 0 Å². The Hall–Kier alpha value is -2.04. The van der Waals surface area contributed by atoms with Crippen molar-refractivity contribution in [3.05, 3.63) is 29.3 Å². The number of aryl methyl sites for hydroxylation is 1. The lowest BCUT2D eigenvalue weighted by Crippen LogP contribution is -2.32. The number of carboxylic acid groups (broad SMARTS) is 1. The molecule has 1 aliphatic rings. The van der Waals surface area contributed by atoms with Gasteiger partial charge in [-0.25, -0.2) is 0 Å². The first kappa shape index (κ1) is 15.4. The quantitative estimate of drug-likeness (QED) is 0.752. The predicted molar refractivity (Wildman–Crippen MR) is 81.7 cm³/mol. The number of hydrogen-bond donors (Lipinski definition) is 3. The van der Waals surface area contributed by atoms with Crippen LogP contribution in [0.5, 0.6) is 0 Å². The van der Waals surface area contributed by atoms with E-state index in [0.29, 0.717) is 18.4 Å². The highest BCUT2D eigenvalue weighted by molar-refractivity contribution is 5.95. The topological polar surface area (TPSA) is 78.4 Å². The summed E-state index contributed by atoms with van der Waals surface area (Å²) in [6.07, 6.45) is 3.47. The second-order valence-electron chi connectivity index (χ2n) is 5.56. The van der Waals surface area contributed by atoms with E-state index in [0.717, 1.165) is 25.1 Å². The maximum Gasteiger partial charge on any atom is 0.303 e. The Morgan fingerprint density at radius 1 is 1.43 bits per heavy atom. The fourth-order valence-corrected chi connectivity index (χ4v) is 2.55. The molecule has 0 saturated heterocycles. The Morgan fingerprint density at radius 2 is 2.24 bits per heavy atom. The zero-order chi connectivity index (χ0) is 15.2. The molecule has 1 aliphatic heterocycles. The number of hydrogen-bond acceptors (Lipinski definition) is 3. The van der Waals surface area contributed by atoms with Crippen molar-refractivity contribution in [3.8, 4) is 0 Å². The molecule has 114 valence electrons. The molecule has 0 fully saturated rings. The summed E-state index contributed by atoms with van der Waals surface area (Å²) >= 11 is 0. The van der Waals surface area contributed by atoms with Crippen LogP contribution in [-0.2, 0) is 11.2 Å². The lowest BCUT2D eigenvalue weighted by molar-refractivity contribution is -0.137. The van der Waals surface area contributed by atoms with Crippen LogP contribution in [0.3, 0.4) is 0 Å². The van der Waals surface area contributed by atoms with Gasteiger partial charge in [0.15, 0.2) is 0 Å². The SMILES string of the molecule is CC(CCCC(=O)O)NC(=O)c1ccc2c(c1)CCCN2. The monoisotopic (exact) mass is 290 g/mol. The molecule has 0 radical (unpaired) electrons. The van der Waals surface area contributed by atoms with Gasteiger partial charge in [-0.1, -0.05) is 0 Å². The third-order valence-electron chi connectivity index (χ3n) is 3.71. The van der Waals surface area contributed by atoms with Gasteiger partial charge in [0.05, 0.1) is 0 Å². The van der Waals surface area contributed by atoms with Gasteiger partial charge in [-0.05, 0) is 56.4 Å². The number of carbonyl (C=O) groups is 2.